The summed E-state index contributed by atoms with van der Waals surface area (Å²) >= 11 is 0. The topological polar surface area (TPSA) is 87.2 Å². The van der Waals surface area contributed by atoms with Crippen molar-refractivity contribution in [2.75, 3.05) is 24.4 Å². The maximum atomic E-state index is 12.3. The standard InChI is InChI=1S/C17H21N5O2S.2ClH/c23-25(24,15-4-2-1-3-5-15)21-17-19-8-13(9-20-17)12-22-7-6-14-10-18-11-16(14)22;;/h1-5,8-9,14,16,18H,6-7,10-12H2,(H,19,20,21);2*1H/t14-,16+;;/m0../s1. The molecule has 0 aliphatic carbocycles. The fourth-order valence-corrected chi connectivity index (χ4v) is 4.62. The van der Waals surface area contributed by atoms with Crippen molar-refractivity contribution in [3.05, 3.63) is 48.3 Å². The second-order valence-corrected chi connectivity index (χ2v) is 8.26. The molecule has 7 nitrogen and oxygen atoms in total. The molecule has 0 saturated carbocycles. The molecule has 0 unspecified atom stereocenters. The molecule has 10 heteroatoms. The average molecular weight is 432 g/mol. The number of rotatable bonds is 5. The second-order valence-electron chi connectivity index (χ2n) is 6.58. The Bertz CT molecular complexity index is 836. The fourth-order valence-electron chi connectivity index (χ4n) is 3.64. The molecule has 2 N–H and O–H groups in total. The number of halogens is 2. The minimum absolute atomic E-state index is 0. The number of aromatic nitrogens is 2. The quantitative estimate of drug-likeness (QED) is 0.751. The van der Waals surface area contributed by atoms with E-state index in [-0.39, 0.29) is 35.7 Å². The molecule has 0 amide bonds. The molecular weight excluding hydrogens is 409 g/mol. The van der Waals surface area contributed by atoms with E-state index in [1.807, 2.05) is 0 Å². The molecule has 2 aromatic rings. The van der Waals surface area contributed by atoms with E-state index < -0.39 is 10.0 Å². The Morgan fingerprint density at radius 2 is 1.81 bits per heavy atom. The molecule has 1 aromatic heterocycles. The van der Waals surface area contributed by atoms with Crippen LogP contribution in [0.5, 0.6) is 0 Å². The molecule has 2 saturated heterocycles. The summed E-state index contributed by atoms with van der Waals surface area (Å²) in [7, 11) is -3.65. The Balaban J connectivity index is 0.00000131. The predicted octanol–water partition coefficient (Wildman–Crippen LogP) is 1.91. The zero-order chi connectivity index (χ0) is 17.3. The molecule has 2 atom stereocenters. The highest BCUT2D eigenvalue weighted by molar-refractivity contribution is 7.92. The number of nitrogens with zero attached hydrogens (tertiary/aromatic N) is 3. The first-order valence-electron chi connectivity index (χ1n) is 8.45. The van der Waals surface area contributed by atoms with Gasteiger partial charge in [0, 0.05) is 37.1 Å². The van der Waals surface area contributed by atoms with Crippen LogP contribution in [-0.4, -0.2) is 49.0 Å². The molecule has 0 spiro atoms. The van der Waals surface area contributed by atoms with Gasteiger partial charge in [-0.3, -0.25) is 4.90 Å². The molecular formula is C17H23Cl2N5O2S. The summed E-state index contributed by atoms with van der Waals surface area (Å²) in [6.07, 6.45) is 4.63. The van der Waals surface area contributed by atoms with Crippen molar-refractivity contribution in [2.24, 2.45) is 5.92 Å². The van der Waals surface area contributed by atoms with E-state index in [1.54, 1.807) is 30.6 Å². The summed E-state index contributed by atoms with van der Waals surface area (Å²) in [6.45, 7) is 4.05. The van der Waals surface area contributed by atoms with Gasteiger partial charge in [-0.1, -0.05) is 18.2 Å². The Hall–Kier alpha value is -1.45. The first-order chi connectivity index (χ1) is 12.1. The van der Waals surface area contributed by atoms with Crippen LogP contribution in [0.25, 0.3) is 0 Å². The molecule has 2 aliphatic rings. The molecule has 2 aliphatic heterocycles. The highest BCUT2D eigenvalue weighted by atomic mass is 35.5. The van der Waals surface area contributed by atoms with Crippen molar-refractivity contribution >= 4 is 40.8 Å². The van der Waals surface area contributed by atoms with Crippen molar-refractivity contribution in [1.82, 2.24) is 20.2 Å². The monoisotopic (exact) mass is 431 g/mol. The molecule has 27 heavy (non-hydrogen) atoms. The van der Waals surface area contributed by atoms with E-state index in [0.29, 0.717) is 6.04 Å². The summed E-state index contributed by atoms with van der Waals surface area (Å²) in [5.41, 5.74) is 0.996. The van der Waals surface area contributed by atoms with E-state index >= 15 is 0 Å². The zero-order valence-electron chi connectivity index (χ0n) is 14.6. The summed E-state index contributed by atoms with van der Waals surface area (Å²) in [5, 5.41) is 3.44. The van der Waals surface area contributed by atoms with Crippen LogP contribution in [0.15, 0.2) is 47.6 Å². The van der Waals surface area contributed by atoms with E-state index in [0.717, 1.165) is 37.7 Å². The highest BCUT2D eigenvalue weighted by Crippen LogP contribution is 2.28. The van der Waals surface area contributed by atoms with Crippen LogP contribution in [0.1, 0.15) is 12.0 Å². The van der Waals surface area contributed by atoms with Gasteiger partial charge in [0.2, 0.25) is 5.95 Å². The van der Waals surface area contributed by atoms with Gasteiger partial charge in [-0.15, -0.1) is 24.8 Å². The van der Waals surface area contributed by atoms with Crippen LogP contribution in [0.2, 0.25) is 0 Å². The Labute approximate surface area is 171 Å². The first-order valence-corrected chi connectivity index (χ1v) is 9.94. The molecule has 0 bridgehead atoms. The SMILES string of the molecule is Cl.Cl.O=S(=O)(Nc1ncc(CN2CC[C@H]3CNC[C@H]32)cn1)c1ccccc1. The van der Waals surface area contributed by atoms with Crippen LogP contribution in [0, 0.1) is 5.92 Å². The molecule has 3 heterocycles. The minimum atomic E-state index is -3.65. The number of hydrogen-bond acceptors (Lipinski definition) is 6. The lowest BCUT2D eigenvalue weighted by Crippen LogP contribution is -2.33. The van der Waals surface area contributed by atoms with Gasteiger partial charge in [-0.2, -0.15) is 0 Å². The lowest BCUT2D eigenvalue weighted by Gasteiger charge is -2.22. The van der Waals surface area contributed by atoms with Gasteiger partial charge in [0.05, 0.1) is 4.90 Å². The fraction of sp³-hybridized carbons (Fsp3) is 0.412. The van der Waals surface area contributed by atoms with Gasteiger partial charge >= 0.3 is 0 Å². The van der Waals surface area contributed by atoms with Crippen molar-refractivity contribution in [1.29, 1.82) is 0 Å². The number of likely N-dealkylation sites (tertiary alicyclic amines) is 1. The van der Waals surface area contributed by atoms with Crippen molar-refractivity contribution < 1.29 is 8.42 Å². The van der Waals surface area contributed by atoms with Crippen LogP contribution in [0.4, 0.5) is 5.95 Å². The normalized spacial score (nSPS) is 21.8. The van der Waals surface area contributed by atoms with Gasteiger partial charge in [0.25, 0.3) is 10.0 Å². The Kier molecular flexibility index (Phi) is 7.41. The van der Waals surface area contributed by atoms with Crippen LogP contribution in [0.3, 0.4) is 0 Å². The second kappa shape index (κ2) is 9.16. The average Bonchev–Trinajstić information content (AvgIpc) is 3.22. The summed E-state index contributed by atoms with van der Waals surface area (Å²) in [6, 6.07) is 8.80. The van der Waals surface area contributed by atoms with Crippen LogP contribution >= 0.6 is 24.8 Å². The van der Waals surface area contributed by atoms with Gasteiger partial charge in [0.1, 0.15) is 0 Å². The molecule has 148 valence electrons. The summed E-state index contributed by atoms with van der Waals surface area (Å²) < 4.78 is 27.0. The molecule has 1 aromatic carbocycles. The smallest absolute Gasteiger partial charge is 0.264 e. The maximum Gasteiger partial charge on any atom is 0.264 e. The number of nitrogens with one attached hydrogen (secondary N) is 2. The van der Waals surface area contributed by atoms with Gasteiger partial charge < -0.3 is 5.32 Å². The van der Waals surface area contributed by atoms with Crippen molar-refractivity contribution in [2.45, 2.75) is 23.9 Å². The van der Waals surface area contributed by atoms with Crippen molar-refractivity contribution in [3.8, 4) is 0 Å². The first kappa shape index (κ1) is 21.8. The lowest BCUT2D eigenvalue weighted by atomic mass is 10.1. The largest absolute Gasteiger partial charge is 0.315 e. The number of hydrogen-bond donors (Lipinski definition) is 2. The molecule has 4 rings (SSSR count). The third-order valence-electron chi connectivity index (χ3n) is 4.93. The van der Waals surface area contributed by atoms with Gasteiger partial charge in [0.15, 0.2) is 0 Å². The minimum Gasteiger partial charge on any atom is -0.315 e. The number of fused-ring (bicyclic) bond motifs is 1. The maximum absolute atomic E-state index is 12.3. The third-order valence-corrected chi connectivity index (χ3v) is 6.27. The highest BCUT2D eigenvalue weighted by Gasteiger charge is 2.37. The zero-order valence-corrected chi connectivity index (χ0v) is 17.1. The summed E-state index contributed by atoms with van der Waals surface area (Å²) in [5.74, 6) is 0.840. The third kappa shape index (κ3) is 4.89. The number of benzene rings is 1. The van der Waals surface area contributed by atoms with Gasteiger partial charge in [-0.25, -0.2) is 23.1 Å². The number of anilines is 1. The lowest BCUT2D eigenvalue weighted by molar-refractivity contribution is 0.243. The van der Waals surface area contributed by atoms with E-state index in [9.17, 15) is 8.42 Å². The molecule has 0 radical (unpaired) electrons. The van der Waals surface area contributed by atoms with E-state index in [4.69, 9.17) is 0 Å². The summed E-state index contributed by atoms with van der Waals surface area (Å²) in [4.78, 5) is 11.0. The van der Waals surface area contributed by atoms with E-state index in [2.05, 4.69) is 24.9 Å². The Morgan fingerprint density at radius 1 is 1.11 bits per heavy atom. The predicted molar refractivity (Wildman–Crippen MR) is 109 cm³/mol. The number of sulfonamides is 1. The van der Waals surface area contributed by atoms with Crippen molar-refractivity contribution in [3.63, 3.8) is 0 Å². The Morgan fingerprint density at radius 3 is 2.52 bits per heavy atom. The van der Waals surface area contributed by atoms with E-state index in [1.165, 1.54) is 18.6 Å². The van der Waals surface area contributed by atoms with Crippen LogP contribution < -0.4 is 10.0 Å². The molecule has 2 fully saturated rings. The van der Waals surface area contributed by atoms with Crippen LogP contribution in [-0.2, 0) is 16.6 Å². The van der Waals surface area contributed by atoms with Gasteiger partial charge in [-0.05, 0) is 37.6 Å².